The van der Waals surface area contributed by atoms with Crippen LogP contribution in [0.2, 0.25) is 0 Å². The largest absolute Gasteiger partial charge is 0.481 e. The normalized spacial score (nSPS) is 17.6. The smallest absolute Gasteiger partial charge is 0.306 e. The molecular formula is C11H15N3O3. The van der Waals surface area contributed by atoms with Gasteiger partial charge in [-0.2, -0.15) is 0 Å². The second-order valence-corrected chi connectivity index (χ2v) is 4.52. The molecular weight excluding hydrogens is 222 g/mol. The highest BCUT2D eigenvalue weighted by Gasteiger charge is 2.37. The molecule has 0 bridgehead atoms. The van der Waals surface area contributed by atoms with E-state index in [4.69, 9.17) is 5.11 Å². The number of imidazole rings is 1. The number of carboxylic acid groups (broad SMARTS) is 1. The van der Waals surface area contributed by atoms with Crippen molar-refractivity contribution in [2.75, 3.05) is 13.1 Å². The van der Waals surface area contributed by atoms with E-state index in [0.29, 0.717) is 18.8 Å². The summed E-state index contributed by atoms with van der Waals surface area (Å²) >= 11 is 0. The van der Waals surface area contributed by atoms with Crippen LogP contribution in [-0.2, 0) is 11.8 Å². The van der Waals surface area contributed by atoms with Gasteiger partial charge in [-0.25, -0.2) is 4.98 Å². The van der Waals surface area contributed by atoms with Gasteiger partial charge in [0.15, 0.2) is 0 Å². The number of amides is 1. The number of likely N-dealkylation sites (tertiary alicyclic amines) is 1. The van der Waals surface area contributed by atoms with E-state index in [1.165, 1.54) is 0 Å². The number of aromatic nitrogens is 2. The third-order valence-corrected chi connectivity index (χ3v) is 3.22. The Kier molecular flexibility index (Phi) is 2.87. The molecule has 2 rings (SSSR count). The lowest BCUT2D eigenvalue weighted by Gasteiger charge is -2.40. The van der Waals surface area contributed by atoms with Crippen molar-refractivity contribution in [1.82, 2.24) is 14.5 Å². The van der Waals surface area contributed by atoms with Gasteiger partial charge in [-0.1, -0.05) is 6.92 Å². The summed E-state index contributed by atoms with van der Waals surface area (Å²) in [7, 11) is 1.80. The molecule has 1 atom stereocenters. The fourth-order valence-electron chi connectivity index (χ4n) is 1.88. The molecule has 0 aromatic carbocycles. The van der Waals surface area contributed by atoms with Crippen molar-refractivity contribution in [1.29, 1.82) is 0 Å². The summed E-state index contributed by atoms with van der Waals surface area (Å²) in [4.78, 5) is 28.3. The number of aliphatic carboxylic acids is 1. The quantitative estimate of drug-likeness (QED) is 0.815. The van der Waals surface area contributed by atoms with E-state index in [-0.39, 0.29) is 11.8 Å². The van der Waals surface area contributed by atoms with Crippen LogP contribution in [0, 0.1) is 11.8 Å². The molecule has 1 saturated heterocycles. The zero-order valence-electron chi connectivity index (χ0n) is 9.83. The van der Waals surface area contributed by atoms with Gasteiger partial charge in [-0.3, -0.25) is 9.59 Å². The molecule has 2 heterocycles. The molecule has 1 aromatic heterocycles. The average Bonchev–Trinajstić information content (AvgIpc) is 2.62. The topological polar surface area (TPSA) is 75.4 Å². The summed E-state index contributed by atoms with van der Waals surface area (Å²) in [5.74, 6) is -1.28. The highest BCUT2D eigenvalue weighted by Crippen LogP contribution is 2.25. The van der Waals surface area contributed by atoms with Gasteiger partial charge in [0.25, 0.3) is 5.91 Å². The molecule has 6 heteroatoms. The molecule has 1 unspecified atom stereocenters. The monoisotopic (exact) mass is 237 g/mol. The van der Waals surface area contributed by atoms with E-state index in [1.54, 1.807) is 36.0 Å². The maximum absolute atomic E-state index is 11.9. The first-order valence-electron chi connectivity index (χ1n) is 5.49. The number of hydrogen-bond acceptors (Lipinski definition) is 3. The maximum atomic E-state index is 11.9. The molecule has 1 aliphatic heterocycles. The van der Waals surface area contributed by atoms with Gasteiger partial charge in [0.05, 0.1) is 12.2 Å². The Hall–Kier alpha value is -1.85. The molecule has 0 aliphatic carbocycles. The molecule has 6 nitrogen and oxygen atoms in total. The lowest BCUT2D eigenvalue weighted by Crippen LogP contribution is -2.53. The fraction of sp³-hybridized carbons (Fsp3) is 0.545. The van der Waals surface area contributed by atoms with Crippen molar-refractivity contribution in [3.8, 4) is 0 Å². The Labute approximate surface area is 98.9 Å². The zero-order chi connectivity index (χ0) is 12.6. The van der Waals surface area contributed by atoms with Gasteiger partial charge >= 0.3 is 5.97 Å². The maximum Gasteiger partial charge on any atom is 0.306 e. The van der Waals surface area contributed by atoms with Crippen LogP contribution in [0.5, 0.6) is 0 Å². The van der Waals surface area contributed by atoms with Crippen LogP contribution in [0.4, 0.5) is 0 Å². The van der Waals surface area contributed by atoms with Crippen LogP contribution in [0.3, 0.4) is 0 Å². The van der Waals surface area contributed by atoms with Crippen molar-refractivity contribution in [3.05, 3.63) is 18.2 Å². The van der Waals surface area contributed by atoms with Crippen LogP contribution in [-0.4, -0.2) is 44.5 Å². The molecule has 1 amide bonds. The number of carbonyl (C=O) groups is 2. The van der Waals surface area contributed by atoms with Crippen molar-refractivity contribution >= 4 is 11.9 Å². The molecule has 17 heavy (non-hydrogen) atoms. The lowest BCUT2D eigenvalue weighted by molar-refractivity contribution is -0.144. The SMILES string of the molecule is CC(C(=O)O)C1CN(C(=O)c2cn(C)cn2)C1. The van der Waals surface area contributed by atoms with E-state index in [2.05, 4.69) is 4.98 Å². The molecule has 1 aromatic rings. The Morgan fingerprint density at radius 2 is 2.18 bits per heavy atom. The van der Waals surface area contributed by atoms with Crippen LogP contribution in [0.25, 0.3) is 0 Å². The minimum Gasteiger partial charge on any atom is -0.481 e. The van der Waals surface area contributed by atoms with Crippen LogP contribution in [0.15, 0.2) is 12.5 Å². The number of carbonyl (C=O) groups excluding carboxylic acids is 1. The molecule has 92 valence electrons. The van der Waals surface area contributed by atoms with Crippen molar-refractivity contribution < 1.29 is 14.7 Å². The van der Waals surface area contributed by atoms with E-state index in [1.807, 2.05) is 0 Å². The first kappa shape index (κ1) is 11.6. The van der Waals surface area contributed by atoms with Gasteiger partial charge in [0.2, 0.25) is 0 Å². The van der Waals surface area contributed by atoms with E-state index < -0.39 is 11.9 Å². The molecule has 1 N–H and O–H groups in total. The van der Waals surface area contributed by atoms with Gasteiger partial charge < -0.3 is 14.6 Å². The summed E-state index contributed by atoms with van der Waals surface area (Å²) in [5.41, 5.74) is 0.411. The summed E-state index contributed by atoms with van der Waals surface area (Å²) < 4.78 is 1.71. The standard InChI is InChI=1S/C11H15N3O3/c1-7(11(16)17)8-3-14(4-8)10(15)9-5-13(2)6-12-9/h5-8H,3-4H2,1-2H3,(H,16,17). The molecule has 0 spiro atoms. The molecule has 1 aliphatic rings. The minimum absolute atomic E-state index is 0.0557. The van der Waals surface area contributed by atoms with Gasteiger partial charge in [-0.05, 0) is 0 Å². The summed E-state index contributed by atoms with van der Waals surface area (Å²) in [5, 5.41) is 8.84. The predicted molar refractivity (Wildman–Crippen MR) is 59.4 cm³/mol. The Bertz CT molecular complexity index is 449. The zero-order valence-corrected chi connectivity index (χ0v) is 9.83. The summed E-state index contributed by atoms with van der Waals surface area (Å²) in [6, 6.07) is 0. The van der Waals surface area contributed by atoms with Crippen LogP contribution in [0.1, 0.15) is 17.4 Å². The molecule has 0 saturated carbocycles. The average molecular weight is 237 g/mol. The van der Waals surface area contributed by atoms with Crippen LogP contribution >= 0.6 is 0 Å². The van der Waals surface area contributed by atoms with Gasteiger partial charge in [0.1, 0.15) is 5.69 Å². The predicted octanol–water partition coefficient (Wildman–Crippen LogP) is 0.213. The Morgan fingerprint density at radius 1 is 1.53 bits per heavy atom. The Morgan fingerprint density at radius 3 is 2.65 bits per heavy atom. The van der Waals surface area contributed by atoms with E-state index in [9.17, 15) is 9.59 Å². The summed E-state index contributed by atoms with van der Waals surface area (Å²) in [6.45, 7) is 2.68. The third-order valence-electron chi connectivity index (χ3n) is 3.22. The number of hydrogen-bond donors (Lipinski definition) is 1. The minimum atomic E-state index is -0.806. The van der Waals surface area contributed by atoms with E-state index in [0.717, 1.165) is 0 Å². The molecule has 1 fully saturated rings. The number of aryl methyl sites for hydroxylation is 1. The number of nitrogens with zero attached hydrogens (tertiary/aromatic N) is 3. The Balaban J connectivity index is 1.92. The highest BCUT2D eigenvalue weighted by molar-refractivity contribution is 5.92. The first-order chi connectivity index (χ1) is 7.99. The number of rotatable bonds is 3. The van der Waals surface area contributed by atoms with Crippen molar-refractivity contribution in [2.45, 2.75) is 6.92 Å². The van der Waals surface area contributed by atoms with E-state index >= 15 is 0 Å². The second-order valence-electron chi connectivity index (χ2n) is 4.52. The molecule has 0 radical (unpaired) electrons. The lowest BCUT2D eigenvalue weighted by atomic mass is 9.87. The highest BCUT2D eigenvalue weighted by atomic mass is 16.4. The van der Waals surface area contributed by atoms with Crippen molar-refractivity contribution in [3.63, 3.8) is 0 Å². The third kappa shape index (κ3) is 2.15. The number of carboxylic acids is 1. The van der Waals surface area contributed by atoms with Crippen LogP contribution < -0.4 is 0 Å². The van der Waals surface area contributed by atoms with Gasteiger partial charge in [-0.15, -0.1) is 0 Å². The second kappa shape index (κ2) is 4.20. The van der Waals surface area contributed by atoms with Crippen molar-refractivity contribution in [2.24, 2.45) is 18.9 Å². The first-order valence-corrected chi connectivity index (χ1v) is 5.49. The summed E-state index contributed by atoms with van der Waals surface area (Å²) in [6.07, 6.45) is 3.24. The fourth-order valence-corrected chi connectivity index (χ4v) is 1.88. The van der Waals surface area contributed by atoms with Gasteiger partial charge in [0, 0.05) is 32.3 Å².